The number of rotatable bonds is 2. The van der Waals surface area contributed by atoms with E-state index in [1.165, 1.54) is 19.2 Å². The van der Waals surface area contributed by atoms with Crippen molar-refractivity contribution in [2.75, 3.05) is 5.32 Å². The molecule has 0 saturated heterocycles. The number of aryl methyl sites for hydroxylation is 1. The molecule has 0 spiro atoms. The molecule has 2 atom stereocenters. The van der Waals surface area contributed by atoms with E-state index in [0.717, 1.165) is 24.3 Å². The van der Waals surface area contributed by atoms with Crippen LogP contribution in [-0.2, 0) is 0 Å². The fourth-order valence-electron chi connectivity index (χ4n) is 4.03. The minimum absolute atomic E-state index is 0.0798. The van der Waals surface area contributed by atoms with E-state index < -0.39 is 41.6 Å². The van der Waals surface area contributed by atoms with Crippen LogP contribution >= 0.6 is 0 Å². The first-order chi connectivity index (χ1) is 14.9. The van der Waals surface area contributed by atoms with E-state index in [-0.39, 0.29) is 33.3 Å². The summed E-state index contributed by atoms with van der Waals surface area (Å²) in [6.45, 7) is 3.05. The smallest absolute Gasteiger partial charge is 0.419 e. The number of fused-ring (bicyclic) bond motifs is 2. The van der Waals surface area contributed by atoms with Crippen molar-refractivity contribution in [1.29, 1.82) is 0 Å². The van der Waals surface area contributed by atoms with Gasteiger partial charge in [-0.2, -0.15) is 13.2 Å². The van der Waals surface area contributed by atoms with Crippen LogP contribution in [0.15, 0.2) is 36.5 Å². The molecular formula is C22H18F5N3O2. The van der Waals surface area contributed by atoms with Gasteiger partial charge >= 0.3 is 6.18 Å². The Kier molecular flexibility index (Phi) is 5.08. The summed E-state index contributed by atoms with van der Waals surface area (Å²) in [7, 11) is 0. The number of nitrogens with zero attached hydrogens (tertiary/aromatic N) is 2. The number of aromatic nitrogens is 2. The SMILES string of the molecule is CC=C1CC(O)(C(F)(F)F)C(Nc2cc(F)cc3nc(C)ncc23)c2cc(F)c(O)cc21. The zero-order chi connectivity index (χ0) is 23.4. The summed E-state index contributed by atoms with van der Waals surface area (Å²) in [5.74, 6) is -2.32. The van der Waals surface area contributed by atoms with E-state index in [0.29, 0.717) is 5.82 Å². The number of benzene rings is 2. The fourth-order valence-corrected chi connectivity index (χ4v) is 4.03. The summed E-state index contributed by atoms with van der Waals surface area (Å²) in [6.07, 6.45) is -3.30. The van der Waals surface area contributed by atoms with Crippen molar-refractivity contribution in [3.8, 4) is 5.75 Å². The number of halogens is 5. The van der Waals surface area contributed by atoms with Crippen LogP contribution in [0.5, 0.6) is 5.75 Å². The number of hydrogen-bond acceptors (Lipinski definition) is 5. The molecule has 1 heterocycles. The monoisotopic (exact) mass is 451 g/mol. The Labute approximate surface area is 179 Å². The lowest BCUT2D eigenvalue weighted by molar-refractivity contribution is -0.265. The van der Waals surface area contributed by atoms with E-state index >= 15 is 0 Å². The van der Waals surface area contributed by atoms with Crippen molar-refractivity contribution >= 4 is 22.2 Å². The standard InChI is InChI=1S/C22H18F5N3O2/c1-3-11-8-21(32,22(25,26)27)20(14-6-16(24)19(31)7-13(11)14)30-18-5-12(23)4-17-15(18)9-28-10(2)29-17/h3-7,9,20,30-32H,8H2,1-2H3. The van der Waals surface area contributed by atoms with Gasteiger partial charge < -0.3 is 15.5 Å². The highest BCUT2D eigenvalue weighted by molar-refractivity contribution is 5.91. The zero-order valence-corrected chi connectivity index (χ0v) is 16.9. The Morgan fingerprint density at radius 1 is 1.19 bits per heavy atom. The molecule has 5 nitrogen and oxygen atoms in total. The first-order valence-corrected chi connectivity index (χ1v) is 9.61. The number of aliphatic hydroxyl groups is 1. The molecular weight excluding hydrogens is 433 g/mol. The van der Waals surface area contributed by atoms with E-state index in [2.05, 4.69) is 15.3 Å². The molecule has 3 N–H and O–H groups in total. The highest BCUT2D eigenvalue weighted by Crippen LogP contribution is 2.53. The third kappa shape index (κ3) is 3.44. The Bertz CT molecular complexity index is 1250. The summed E-state index contributed by atoms with van der Waals surface area (Å²) >= 11 is 0. The van der Waals surface area contributed by atoms with Crippen LogP contribution in [0.1, 0.15) is 36.3 Å². The maximum absolute atomic E-state index is 14.3. The van der Waals surface area contributed by atoms with Crippen LogP contribution in [0.3, 0.4) is 0 Å². The molecule has 1 aromatic heterocycles. The van der Waals surface area contributed by atoms with Crippen molar-refractivity contribution in [1.82, 2.24) is 9.97 Å². The molecule has 0 radical (unpaired) electrons. The van der Waals surface area contributed by atoms with Crippen LogP contribution in [0, 0.1) is 18.6 Å². The number of hydrogen-bond donors (Lipinski definition) is 3. The third-order valence-corrected chi connectivity index (χ3v) is 5.64. The highest BCUT2D eigenvalue weighted by atomic mass is 19.4. The van der Waals surface area contributed by atoms with Crippen LogP contribution in [0.25, 0.3) is 16.5 Å². The minimum Gasteiger partial charge on any atom is -0.505 e. The van der Waals surface area contributed by atoms with Gasteiger partial charge in [-0.15, -0.1) is 0 Å². The predicted molar refractivity (Wildman–Crippen MR) is 108 cm³/mol. The number of nitrogens with one attached hydrogen (secondary N) is 1. The summed E-state index contributed by atoms with van der Waals surface area (Å²) in [5.41, 5.74) is -3.31. The average molecular weight is 451 g/mol. The molecule has 2 unspecified atom stereocenters. The van der Waals surface area contributed by atoms with Crippen LogP contribution < -0.4 is 5.32 Å². The van der Waals surface area contributed by atoms with E-state index in [4.69, 9.17) is 0 Å². The second-order valence-electron chi connectivity index (χ2n) is 7.68. The van der Waals surface area contributed by atoms with Crippen LogP contribution in [0.4, 0.5) is 27.6 Å². The molecule has 1 aliphatic rings. The van der Waals surface area contributed by atoms with Gasteiger partial charge in [-0.3, -0.25) is 0 Å². The molecule has 0 aliphatic heterocycles. The first kappa shape index (κ1) is 21.9. The van der Waals surface area contributed by atoms with Gasteiger partial charge in [0.1, 0.15) is 11.6 Å². The molecule has 10 heteroatoms. The maximum atomic E-state index is 14.3. The van der Waals surface area contributed by atoms with E-state index in [9.17, 15) is 32.2 Å². The Morgan fingerprint density at radius 2 is 1.91 bits per heavy atom. The Hall–Kier alpha value is -3.27. The van der Waals surface area contributed by atoms with Gasteiger partial charge in [-0.25, -0.2) is 18.7 Å². The van der Waals surface area contributed by atoms with Crippen LogP contribution in [0.2, 0.25) is 0 Å². The van der Waals surface area contributed by atoms with Crippen LogP contribution in [-0.4, -0.2) is 32.0 Å². The molecule has 3 aromatic rings. The number of phenols is 1. The molecule has 2 aromatic carbocycles. The molecule has 0 bridgehead atoms. The summed E-state index contributed by atoms with van der Waals surface area (Å²) in [6, 6.07) is 1.90. The van der Waals surface area contributed by atoms with Gasteiger partial charge in [-0.05, 0) is 48.7 Å². The molecule has 0 amide bonds. The van der Waals surface area contributed by atoms with E-state index in [1.54, 1.807) is 6.92 Å². The fraction of sp³-hybridized carbons (Fsp3) is 0.273. The number of aromatic hydroxyl groups is 1. The second-order valence-corrected chi connectivity index (χ2v) is 7.68. The third-order valence-electron chi connectivity index (χ3n) is 5.64. The first-order valence-electron chi connectivity index (χ1n) is 9.61. The molecule has 168 valence electrons. The summed E-state index contributed by atoms with van der Waals surface area (Å²) in [4.78, 5) is 8.10. The number of allylic oxidation sites excluding steroid dienone is 1. The molecule has 0 saturated carbocycles. The van der Waals surface area contributed by atoms with Crippen molar-refractivity contribution in [3.63, 3.8) is 0 Å². The van der Waals surface area contributed by atoms with Crippen molar-refractivity contribution in [2.24, 2.45) is 0 Å². The number of alkyl halides is 3. The maximum Gasteiger partial charge on any atom is 0.419 e. The summed E-state index contributed by atoms with van der Waals surface area (Å²) < 4.78 is 70.9. The quantitative estimate of drug-likeness (QED) is 0.469. The molecule has 32 heavy (non-hydrogen) atoms. The summed E-state index contributed by atoms with van der Waals surface area (Å²) in [5, 5.41) is 23.5. The lowest BCUT2D eigenvalue weighted by atomic mass is 9.72. The molecule has 0 fully saturated rings. The van der Waals surface area contributed by atoms with Gasteiger partial charge in [0.05, 0.1) is 11.6 Å². The Balaban J connectivity index is 1.97. The highest BCUT2D eigenvalue weighted by Gasteiger charge is 2.61. The zero-order valence-electron chi connectivity index (χ0n) is 16.9. The number of anilines is 1. The van der Waals surface area contributed by atoms with Crippen molar-refractivity contribution in [3.05, 3.63) is 65.1 Å². The predicted octanol–water partition coefficient (Wildman–Crippen LogP) is 5.18. The van der Waals surface area contributed by atoms with Gasteiger partial charge in [0.2, 0.25) is 0 Å². The topological polar surface area (TPSA) is 78.3 Å². The van der Waals surface area contributed by atoms with Gasteiger partial charge in [0.25, 0.3) is 0 Å². The minimum atomic E-state index is -5.12. The normalized spacial score (nSPS) is 22.2. The van der Waals surface area contributed by atoms with Crippen molar-refractivity contribution in [2.45, 2.75) is 38.1 Å². The van der Waals surface area contributed by atoms with Gasteiger partial charge in [0, 0.05) is 29.8 Å². The van der Waals surface area contributed by atoms with Crippen molar-refractivity contribution < 1.29 is 32.2 Å². The Morgan fingerprint density at radius 3 is 2.56 bits per heavy atom. The largest absolute Gasteiger partial charge is 0.505 e. The number of phenolic OH excluding ortho intramolecular Hbond substituents is 1. The molecule has 4 rings (SSSR count). The second kappa shape index (κ2) is 7.40. The van der Waals surface area contributed by atoms with Gasteiger partial charge in [0.15, 0.2) is 17.2 Å². The lowest BCUT2D eigenvalue weighted by Crippen LogP contribution is -2.54. The van der Waals surface area contributed by atoms with E-state index in [1.807, 2.05) is 0 Å². The van der Waals surface area contributed by atoms with Gasteiger partial charge in [-0.1, -0.05) is 6.08 Å². The molecule has 1 aliphatic carbocycles. The average Bonchev–Trinajstić information content (AvgIpc) is 2.70. The lowest BCUT2D eigenvalue weighted by Gasteiger charge is -2.44.